The van der Waals surface area contributed by atoms with Crippen LogP contribution in [0.4, 0.5) is 0 Å². The summed E-state index contributed by atoms with van der Waals surface area (Å²) < 4.78 is 0. The molecule has 1 aliphatic rings. The molecule has 3 heterocycles. The quantitative estimate of drug-likeness (QED) is 0.758. The Balaban J connectivity index is 1.31. The second kappa shape index (κ2) is 8.12. The first kappa shape index (κ1) is 17.4. The maximum atomic E-state index is 12.4. The first-order valence-corrected chi connectivity index (χ1v) is 9.40. The zero-order valence-electron chi connectivity index (χ0n) is 15.2. The number of H-pyrrole nitrogens is 1. The molecule has 0 bridgehead atoms. The van der Waals surface area contributed by atoms with E-state index >= 15 is 0 Å². The number of carbonyl (C=O) groups excluding carboxylic acids is 1. The molecule has 1 saturated heterocycles. The third-order valence-electron chi connectivity index (χ3n) is 5.08. The van der Waals surface area contributed by atoms with Crippen molar-refractivity contribution >= 4 is 5.91 Å². The van der Waals surface area contributed by atoms with Gasteiger partial charge in [0.15, 0.2) is 0 Å². The molecule has 1 amide bonds. The lowest BCUT2D eigenvalue weighted by Crippen LogP contribution is -2.39. The van der Waals surface area contributed by atoms with E-state index in [0.717, 1.165) is 43.7 Å². The number of aromatic amines is 1. The van der Waals surface area contributed by atoms with Gasteiger partial charge in [0.05, 0.1) is 12.1 Å². The lowest BCUT2D eigenvalue weighted by atomic mass is 9.93. The Bertz CT molecular complexity index is 870. The van der Waals surface area contributed by atoms with Crippen LogP contribution >= 0.6 is 0 Å². The Labute approximate surface area is 158 Å². The maximum Gasteiger partial charge on any atom is 0.230 e. The summed E-state index contributed by atoms with van der Waals surface area (Å²) in [6.07, 6.45) is 6.37. The van der Waals surface area contributed by atoms with Gasteiger partial charge in [-0.1, -0.05) is 30.3 Å². The third kappa shape index (κ3) is 4.39. The zero-order chi connectivity index (χ0) is 18.5. The number of benzene rings is 1. The van der Waals surface area contributed by atoms with Crippen LogP contribution in [0.3, 0.4) is 0 Å². The van der Waals surface area contributed by atoms with Gasteiger partial charge in [0.1, 0.15) is 5.82 Å². The van der Waals surface area contributed by atoms with E-state index in [1.807, 2.05) is 11.0 Å². The van der Waals surface area contributed by atoms with Gasteiger partial charge in [-0.05, 0) is 30.5 Å². The van der Waals surface area contributed by atoms with Crippen molar-refractivity contribution in [2.24, 2.45) is 0 Å². The van der Waals surface area contributed by atoms with Crippen LogP contribution < -0.4 is 0 Å². The summed E-state index contributed by atoms with van der Waals surface area (Å²) in [6, 6.07) is 14.3. The molecule has 2 aromatic heterocycles. The minimum atomic E-state index is 0.103. The van der Waals surface area contributed by atoms with Gasteiger partial charge in [-0.15, -0.1) is 0 Å². The fraction of sp³-hybridized carbons (Fsp3) is 0.333. The average molecular weight is 361 g/mol. The highest BCUT2D eigenvalue weighted by Crippen LogP contribution is 2.27. The summed E-state index contributed by atoms with van der Waals surface area (Å²) in [6.45, 7) is 1.52. The summed E-state index contributed by atoms with van der Waals surface area (Å²) in [4.78, 5) is 22.6. The second-order valence-corrected chi connectivity index (χ2v) is 6.98. The first-order chi connectivity index (χ1) is 13.3. The summed E-state index contributed by atoms with van der Waals surface area (Å²) >= 11 is 0. The van der Waals surface area contributed by atoms with Crippen molar-refractivity contribution in [3.63, 3.8) is 0 Å². The largest absolute Gasteiger partial charge is 0.342 e. The summed E-state index contributed by atoms with van der Waals surface area (Å²) in [7, 11) is 0. The number of amides is 1. The summed E-state index contributed by atoms with van der Waals surface area (Å²) in [5.41, 5.74) is 3.52. The number of nitrogens with zero attached hydrogens (tertiary/aromatic N) is 4. The van der Waals surface area contributed by atoms with Crippen molar-refractivity contribution in [3.05, 3.63) is 77.6 Å². The van der Waals surface area contributed by atoms with Crippen molar-refractivity contribution in [2.75, 3.05) is 13.1 Å². The molecule has 1 aliphatic heterocycles. The van der Waals surface area contributed by atoms with Crippen molar-refractivity contribution in [1.82, 2.24) is 25.1 Å². The normalized spacial score (nSPS) is 15.0. The van der Waals surface area contributed by atoms with Gasteiger partial charge in [0.25, 0.3) is 0 Å². The van der Waals surface area contributed by atoms with Crippen LogP contribution in [-0.4, -0.2) is 44.1 Å². The standard InChI is InChI=1S/C21H23N5O/c27-21(15-20-22-9-4-10-23-20)26-11-7-17(8-12-26)19-14-18(24-25-19)13-16-5-2-1-3-6-16/h1-6,9-10,14,17H,7-8,11-13,15H2,(H,24,25). The molecule has 0 saturated carbocycles. The average Bonchev–Trinajstić information content (AvgIpc) is 3.18. The molecular weight excluding hydrogens is 338 g/mol. The van der Waals surface area contributed by atoms with Gasteiger partial charge in [-0.2, -0.15) is 5.10 Å². The van der Waals surface area contributed by atoms with Crippen molar-refractivity contribution in [3.8, 4) is 0 Å². The molecule has 0 spiro atoms. The third-order valence-corrected chi connectivity index (χ3v) is 5.08. The number of likely N-dealkylation sites (tertiary alicyclic amines) is 1. The fourth-order valence-electron chi connectivity index (χ4n) is 3.59. The maximum absolute atomic E-state index is 12.4. The molecule has 1 fully saturated rings. The number of hydrogen-bond donors (Lipinski definition) is 1. The van der Waals surface area contributed by atoms with Crippen molar-refractivity contribution < 1.29 is 4.79 Å². The Kier molecular flexibility index (Phi) is 5.23. The summed E-state index contributed by atoms with van der Waals surface area (Å²) in [5.74, 6) is 1.09. The fourth-order valence-corrected chi connectivity index (χ4v) is 3.59. The second-order valence-electron chi connectivity index (χ2n) is 6.98. The van der Waals surface area contributed by atoms with Gasteiger partial charge in [-0.25, -0.2) is 9.97 Å². The smallest absolute Gasteiger partial charge is 0.230 e. The van der Waals surface area contributed by atoms with E-state index in [4.69, 9.17) is 0 Å². The monoisotopic (exact) mass is 361 g/mol. The van der Waals surface area contributed by atoms with Crippen LogP contribution in [0.15, 0.2) is 54.9 Å². The van der Waals surface area contributed by atoms with Gasteiger partial charge < -0.3 is 4.90 Å². The van der Waals surface area contributed by atoms with Gasteiger partial charge in [-0.3, -0.25) is 9.89 Å². The van der Waals surface area contributed by atoms with Crippen LogP contribution in [0.1, 0.15) is 41.5 Å². The predicted octanol–water partition coefficient (Wildman–Crippen LogP) is 2.74. The topological polar surface area (TPSA) is 74.8 Å². The molecule has 138 valence electrons. The Hall–Kier alpha value is -3.02. The minimum Gasteiger partial charge on any atom is -0.342 e. The summed E-state index contributed by atoms with van der Waals surface area (Å²) in [5, 5.41) is 7.70. The van der Waals surface area contributed by atoms with E-state index in [9.17, 15) is 4.79 Å². The highest BCUT2D eigenvalue weighted by Gasteiger charge is 2.25. The predicted molar refractivity (Wildman–Crippen MR) is 102 cm³/mol. The lowest BCUT2D eigenvalue weighted by molar-refractivity contribution is -0.131. The van der Waals surface area contributed by atoms with E-state index < -0.39 is 0 Å². The number of carbonyl (C=O) groups is 1. The van der Waals surface area contributed by atoms with Crippen molar-refractivity contribution in [1.29, 1.82) is 0 Å². The van der Waals surface area contributed by atoms with Crippen LogP contribution in [0, 0.1) is 0 Å². The Morgan fingerprint density at radius 1 is 1.07 bits per heavy atom. The molecule has 27 heavy (non-hydrogen) atoms. The van der Waals surface area contributed by atoms with Gasteiger partial charge in [0, 0.05) is 43.5 Å². The zero-order valence-corrected chi connectivity index (χ0v) is 15.2. The van der Waals surface area contributed by atoms with Crippen LogP contribution in [-0.2, 0) is 17.6 Å². The molecule has 0 radical (unpaired) electrons. The number of aromatic nitrogens is 4. The highest BCUT2D eigenvalue weighted by molar-refractivity contribution is 5.78. The van der Waals surface area contributed by atoms with Crippen LogP contribution in [0.2, 0.25) is 0 Å². The number of rotatable bonds is 5. The number of nitrogens with one attached hydrogen (secondary N) is 1. The van der Waals surface area contributed by atoms with E-state index in [0.29, 0.717) is 11.7 Å². The molecule has 0 aliphatic carbocycles. The molecule has 0 atom stereocenters. The molecule has 6 nitrogen and oxygen atoms in total. The molecular formula is C21H23N5O. The Morgan fingerprint density at radius 3 is 2.56 bits per heavy atom. The minimum absolute atomic E-state index is 0.103. The van der Waals surface area contributed by atoms with E-state index in [1.165, 1.54) is 5.56 Å². The molecule has 4 rings (SSSR count). The van der Waals surface area contributed by atoms with Crippen LogP contribution in [0.25, 0.3) is 0 Å². The molecule has 1 aromatic carbocycles. The molecule has 0 unspecified atom stereocenters. The van der Waals surface area contributed by atoms with E-state index in [2.05, 4.69) is 50.5 Å². The lowest BCUT2D eigenvalue weighted by Gasteiger charge is -2.31. The SMILES string of the molecule is O=C(Cc1ncccn1)N1CCC(c2cc(Cc3ccccc3)[nH]n2)CC1. The van der Waals surface area contributed by atoms with Crippen molar-refractivity contribution in [2.45, 2.75) is 31.6 Å². The first-order valence-electron chi connectivity index (χ1n) is 9.40. The van der Waals surface area contributed by atoms with Crippen LogP contribution in [0.5, 0.6) is 0 Å². The van der Waals surface area contributed by atoms with E-state index in [-0.39, 0.29) is 12.3 Å². The Morgan fingerprint density at radius 2 is 1.81 bits per heavy atom. The molecule has 1 N–H and O–H groups in total. The van der Waals surface area contributed by atoms with Gasteiger partial charge in [0.2, 0.25) is 5.91 Å². The van der Waals surface area contributed by atoms with Gasteiger partial charge >= 0.3 is 0 Å². The molecule has 3 aromatic rings. The highest BCUT2D eigenvalue weighted by atomic mass is 16.2. The number of hydrogen-bond acceptors (Lipinski definition) is 4. The molecule has 6 heteroatoms. The van der Waals surface area contributed by atoms with E-state index in [1.54, 1.807) is 18.5 Å². The number of piperidine rings is 1.